The third kappa shape index (κ3) is 3.51. The van der Waals surface area contributed by atoms with Gasteiger partial charge in [-0.25, -0.2) is 4.79 Å². The Morgan fingerprint density at radius 1 is 1.43 bits per heavy atom. The monoisotopic (exact) mass is 309 g/mol. The molecule has 0 spiro atoms. The van der Waals surface area contributed by atoms with Crippen molar-refractivity contribution in [2.45, 2.75) is 6.54 Å². The van der Waals surface area contributed by atoms with Crippen molar-refractivity contribution >= 4 is 28.9 Å². The number of aromatic amines is 1. The van der Waals surface area contributed by atoms with Crippen LogP contribution in [0.4, 0.5) is 11.4 Å². The van der Waals surface area contributed by atoms with Crippen LogP contribution in [-0.4, -0.2) is 23.0 Å². The molecule has 0 saturated carbocycles. The van der Waals surface area contributed by atoms with Crippen LogP contribution in [-0.2, 0) is 11.3 Å². The number of benzene rings is 1. The van der Waals surface area contributed by atoms with Crippen LogP contribution >= 0.6 is 11.6 Å². The molecule has 0 amide bonds. The van der Waals surface area contributed by atoms with Crippen molar-refractivity contribution in [3.8, 4) is 0 Å². The third-order valence-corrected chi connectivity index (χ3v) is 3.11. The van der Waals surface area contributed by atoms with Gasteiger partial charge in [0.25, 0.3) is 5.69 Å². The van der Waals surface area contributed by atoms with Crippen LogP contribution < -0.4 is 5.32 Å². The van der Waals surface area contributed by atoms with E-state index < -0.39 is 10.9 Å². The molecular weight excluding hydrogens is 298 g/mol. The summed E-state index contributed by atoms with van der Waals surface area (Å²) in [6.07, 6.45) is 0. The van der Waals surface area contributed by atoms with E-state index in [0.29, 0.717) is 22.9 Å². The van der Waals surface area contributed by atoms with Gasteiger partial charge in [0.1, 0.15) is 5.69 Å². The molecule has 7 nitrogen and oxygen atoms in total. The molecule has 8 heteroatoms. The predicted octanol–water partition coefficient (Wildman–Crippen LogP) is 2.98. The minimum Gasteiger partial charge on any atom is -0.464 e. The summed E-state index contributed by atoms with van der Waals surface area (Å²) < 4.78 is 4.59. The van der Waals surface area contributed by atoms with Gasteiger partial charge in [-0.05, 0) is 18.2 Å². The van der Waals surface area contributed by atoms with Crippen LogP contribution in [0.3, 0.4) is 0 Å². The van der Waals surface area contributed by atoms with Crippen LogP contribution in [0.5, 0.6) is 0 Å². The number of hydrogen-bond acceptors (Lipinski definition) is 5. The molecule has 1 aromatic heterocycles. The average Bonchev–Trinajstić information content (AvgIpc) is 2.94. The van der Waals surface area contributed by atoms with Crippen molar-refractivity contribution in [2.24, 2.45) is 0 Å². The molecule has 0 aliphatic carbocycles. The first kappa shape index (κ1) is 14.9. The van der Waals surface area contributed by atoms with Gasteiger partial charge in [0.05, 0.1) is 29.3 Å². The summed E-state index contributed by atoms with van der Waals surface area (Å²) in [4.78, 5) is 24.4. The minimum atomic E-state index is -0.495. The number of nitro groups is 1. The van der Waals surface area contributed by atoms with Gasteiger partial charge in [-0.2, -0.15) is 0 Å². The Hall–Kier alpha value is -2.54. The van der Waals surface area contributed by atoms with Gasteiger partial charge in [0, 0.05) is 17.8 Å². The molecule has 0 unspecified atom stereocenters. The van der Waals surface area contributed by atoms with Crippen molar-refractivity contribution in [3.63, 3.8) is 0 Å². The second-order valence-corrected chi connectivity index (χ2v) is 4.57. The number of anilines is 1. The summed E-state index contributed by atoms with van der Waals surface area (Å²) in [6, 6.07) is 7.45. The topological polar surface area (TPSA) is 97.3 Å². The van der Waals surface area contributed by atoms with Crippen molar-refractivity contribution < 1.29 is 14.5 Å². The number of non-ortho nitro benzene ring substituents is 1. The number of H-pyrrole nitrogens is 1. The fourth-order valence-corrected chi connectivity index (χ4v) is 1.91. The number of aromatic nitrogens is 1. The number of nitrogens with zero attached hydrogens (tertiary/aromatic N) is 1. The van der Waals surface area contributed by atoms with E-state index in [0.717, 1.165) is 5.69 Å². The van der Waals surface area contributed by atoms with Gasteiger partial charge in [-0.1, -0.05) is 11.6 Å². The quantitative estimate of drug-likeness (QED) is 0.502. The molecule has 2 N–H and O–H groups in total. The standard InChI is InChI=1S/C13H12ClN3O4/c1-21-13(18)11-5-2-8(16-11)7-15-12-6-9(17(19)20)3-4-10(12)14/h2-6,15-16H,7H2,1H3. The summed E-state index contributed by atoms with van der Waals surface area (Å²) in [7, 11) is 1.30. The molecule has 0 aliphatic rings. The molecule has 2 rings (SSSR count). The molecule has 21 heavy (non-hydrogen) atoms. The van der Waals surface area contributed by atoms with Crippen molar-refractivity contribution in [3.05, 3.63) is 56.9 Å². The van der Waals surface area contributed by atoms with Gasteiger partial charge >= 0.3 is 5.97 Å². The summed E-state index contributed by atoms with van der Waals surface area (Å²) in [5.41, 5.74) is 1.45. The predicted molar refractivity (Wildman–Crippen MR) is 77.6 cm³/mol. The second-order valence-electron chi connectivity index (χ2n) is 4.16. The van der Waals surface area contributed by atoms with Gasteiger partial charge in [-0.3, -0.25) is 10.1 Å². The number of nitro benzene ring substituents is 1. The molecular formula is C13H12ClN3O4. The number of halogens is 1. The Balaban J connectivity index is 2.09. The smallest absolute Gasteiger partial charge is 0.354 e. The number of carbonyl (C=O) groups excluding carboxylic acids is 1. The lowest BCUT2D eigenvalue weighted by molar-refractivity contribution is -0.384. The Bertz CT molecular complexity index is 684. The number of nitrogens with one attached hydrogen (secondary N) is 2. The molecule has 0 radical (unpaired) electrons. The van der Waals surface area contributed by atoms with Crippen LogP contribution in [0, 0.1) is 10.1 Å². The molecule has 1 heterocycles. The van der Waals surface area contributed by atoms with E-state index in [4.69, 9.17) is 11.6 Å². The summed E-state index contributed by atoms with van der Waals surface area (Å²) >= 11 is 5.98. The number of carbonyl (C=O) groups is 1. The number of hydrogen-bond donors (Lipinski definition) is 2. The van der Waals surface area contributed by atoms with E-state index >= 15 is 0 Å². The van der Waals surface area contributed by atoms with E-state index in [1.54, 1.807) is 12.1 Å². The van der Waals surface area contributed by atoms with Crippen LogP contribution in [0.1, 0.15) is 16.2 Å². The number of ether oxygens (including phenoxy) is 1. The summed E-state index contributed by atoms with van der Waals surface area (Å²) in [5, 5.41) is 14.1. The fraction of sp³-hybridized carbons (Fsp3) is 0.154. The number of methoxy groups -OCH3 is 1. The fourth-order valence-electron chi connectivity index (χ4n) is 1.73. The van der Waals surface area contributed by atoms with E-state index in [1.165, 1.54) is 25.3 Å². The molecule has 0 fully saturated rings. The van der Waals surface area contributed by atoms with Crippen molar-refractivity contribution in [1.82, 2.24) is 4.98 Å². The number of rotatable bonds is 5. The lowest BCUT2D eigenvalue weighted by Gasteiger charge is -2.07. The molecule has 0 atom stereocenters. The summed E-state index contributed by atoms with van der Waals surface area (Å²) in [5.74, 6) is -0.463. The first-order valence-corrected chi connectivity index (χ1v) is 6.33. The zero-order chi connectivity index (χ0) is 15.4. The first-order valence-electron chi connectivity index (χ1n) is 5.95. The Kier molecular flexibility index (Phi) is 4.44. The van der Waals surface area contributed by atoms with E-state index in [9.17, 15) is 14.9 Å². The van der Waals surface area contributed by atoms with Crippen molar-refractivity contribution in [1.29, 1.82) is 0 Å². The summed E-state index contributed by atoms with van der Waals surface area (Å²) in [6.45, 7) is 0.331. The minimum absolute atomic E-state index is 0.0522. The molecule has 110 valence electrons. The molecule has 0 aliphatic heterocycles. The number of esters is 1. The third-order valence-electron chi connectivity index (χ3n) is 2.78. The largest absolute Gasteiger partial charge is 0.464 e. The second kappa shape index (κ2) is 6.27. The Morgan fingerprint density at radius 3 is 2.86 bits per heavy atom. The maximum Gasteiger partial charge on any atom is 0.354 e. The lowest BCUT2D eigenvalue weighted by atomic mass is 10.2. The highest BCUT2D eigenvalue weighted by atomic mass is 35.5. The highest BCUT2D eigenvalue weighted by Crippen LogP contribution is 2.27. The highest BCUT2D eigenvalue weighted by molar-refractivity contribution is 6.33. The maximum atomic E-state index is 11.3. The molecule has 0 saturated heterocycles. The van der Waals surface area contributed by atoms with Crippen LogP contribution in [0.2, 0.25) is 5.02 Å². The maximum absolute atomic E-state index is 11.3. The average molecular weight is 310 g/mol. The SMILES string of the molecule is COC(=O)c1ccc(CNc2cc([N+](=O)[O-])ccc2Cl)[nH]1. The first-order chi connectivity index (χ1) is 10.0. The highest BCUT2D eigenvalue weighted by Gasteiger charge is 2.11. The van der Waals surface area contributed by atoms with Gasteiger partial charge in [-0.15, -0.1) is 0 Å². The molecule has 1 aromatic carbocycles. The van der Waals surface area contributed by atoms with Gasteiger partial charge < -0.3 is 15.0 Å². The van der Waals surface area contributed by atoms with E-state index in [1.807, 2.05) is 0 Å². The van der Waals surface area contributed by atoms with E-state index in [2.05, 4.69) is 15.0 Å². The van der Waals surface area contributed by atoms with Crippen LogP contribution in [0.25, 0.3) is 0 Å². The lowest BCUT2D eigenvalue weighted by Crippen LogP contribution is -2.04. The van der Waals surface area contributed by atoms with Gasteiger partial charge in [0.2, 0.25) is 0 Å². The van der Waals surface area contributed by atoms with Crippen molar-refractivity contribution in [2.75, 3.05) is 12.4 Å². The zero-order valence-corrected chi connectivity index (χ0v) is 11.8. The zero-order valence-electron chi connectivity index (χ0n) is 11.1. The van der Waals surface area contributed by atoms with E-state index in [-0.39, 0.29) is 5.69 Å². The van der Waals surface area contributed by atoms with Crippen LogP contribution in [0.15, 0.2) is 30.3 Å². The van der Waals surface area contributed by atoms with Gasteiger partial charge in [0.15, 0.2) is 0 Å². The molecule has 2 aromatic rings. The Labute approximate surface area is 125 Å². The molecule has 0 bridgehead atoms. The normalized spacial score (nSPS) is 10.2. The Morgan fingerprint density at radius 2 is 2.19 bits per heavy atom.